The highest BCUT2D eigenvalue weighted by atomic mass is 127. The van der Waals surface area contributed by atoms with Gasteiger partial charge in [-0.3, -0.25) is 28.0 Å². The summed E-state index contributed by atoms with van der Waals surface area (Å²) in [4.78, 5) is 25.5. The molecule has 0 radical (unpaired) electrons. The molecule has 1 aliphatic heterocycles. The molecule has 5 fully saturated rings. The maximum Gasteiger partial charge on any atom is 0.306 e. The number of ether oxygens (including phenoxy) is 2. The van der Waals surface area contributed by atoms with Crippen molar-refractivity contribution in [3.05, 3.63) is 39.0 Å². The topological polar surface area (TPSA) is 259 Å². The molecule has 6 rings (SSSR count). The minimum absolute atomic E-state index is 0.0241. The average molecular weight is 971 g/mol. The smallest absolute Gasteiger partial charge is 0.306 e. The number of hydrogen-bond acceptors (Lipinski definition) is 18. The lowest BCUT2D eigenvalue weighted by atomic mass is 9.43. The molecule has 18 nitrogen and oxygen atoms in total. The summed E-state index contributed by atoms with van der Waals surface area (Å²) in [5, 5.41) is 77.7. The van der Waals surface area contributed by atoms with Crippen LogP contribution in [0.1, 0.15) is 69.4 Å². The first kappa shape index (κ1) is 46.1. The number of amides is 1. The molecule has 21 heteroatoms. The third-order valence-electron chi connectivity index (χ3n) is 13.4. The first-order valence-electron chi connectivity index (χ1n) is 19.3. The molecular formula is C37H51IN2O16S2-2. The third-order valence-corrected chi connectivity index (χ3v) is 15.0. The fourth-order valence-electron chi connectivity index (χ4n) is 10.9. The standard InChI is InChI=1S/C37H53IN2O16S2/c1-18-12-20(13-25(38)29(18)42)4-7-28(41)40-11-10-39-17-26-31(51-57-55-53-47)32(52-58-56-54-48)30(43)35(50-26)49-22-14-23(34(45)46)24-8-9-37-15-21(19(2)33(37)44)5-6-27(37)36(24,3)16-22/h12-13,21-24,26-27,30-33,35,39,42-44,47-48H,2,4-11,14-17H2,1,3H3,(H,40,41)(H,45,46)/p-2/t21?,22?,23?,24?,26-,27?,30?,31+,32-,33-,35+,36?,37?/m0/s1. The van der Waals surface area contributed by atoms with E-state index in [2.05, 4.69) is 42.9 Å². The van der Waals surface area contributed by atoms with Crippen LogP contribution >= 0.6 is 47.2 Å². The molecule has 1 aromatic carbocycles. The number of nitrogens with one attached hydrogen (secondary N) is 2. The summed E-state index contributed by atoms with van der Waals surface area (Å²) in [5.41, 5.74) is 1.63. The number of carboxylic acid groups (broad SMARTS) is 1. The maximum atomic E-state index is 12.9. The van der Waals surface area contributed by atoms with Gasteiger partial charge in [0.2, 0.25) is 5.91 Å². The summed E-state index contributed by atoms with van der Waals surface area (Å²) in [7, 11) is 0. The molecule has 4 aliphatic carbocycles. The summed E-state index contributed by atoms with van der Waals surface area (Å²) in [5.74, 6) is -1.51. The second kappa shape index (κ2) is 20.2. The van der Waals surface area contributed by atoms with Gasteiger partial charge >= 0.3 is 5.97 Å². The van der Waals surface area contributed by atoms with Crippen molar-refractivity contribution >= 4 is 59.1 Å². The van der Waals surface area contributed by atoms with Crippen LogP contribution in [0.5, 0.6) is 5.75 Å². The van der Waals surface area contributed by atoms with Gasteiger partial charge in [-0.1, -0.05) is 19.6 Å². The van der Waals surface area contributed by atoms with E-state index >= 15 is 0 Å². The Hall–Kier alpha value is -1.39. The number of carboxylic acids is 1. The molecule has 4 saturated carbocycles. The monoisotopic (exact) mass is 970 g/mol. The lowest BCUT2D eigenvalue weighted by Crippen LogP contribution is -2.63. The number of carbonyl (C=O) groups is 2. The number of phenols is 1. The van der Waals surface area contributed by atoms with Crippen LogP contribution in [0.15, 0.2) is 24.3 Å². The van der Waals surface area contributed by atoms with Crippen molar-refractivity contribution in [3.8, 4) is 5.75 Å². The number of carbonyl (C=O) groups excluding carboxylic acids is 1. The van der Waals surface area contributed by atoms with Crippen LogP contribution in [-0.4, -0.2) is 94.9 Å². The van der Waals surface area contributed by atoms with Crippen molar-refractivity contribution in [1.82, 2.24) is 10.6 Å². The number of aliphatic hydroxyl groups excluding tert-OH is 2. The Balaban J connectivity index is 1.13. The zero-order valence-corrected chi connectivity index (χ0v) is 35.9. The minimum Gasteiger partial charge on any atom is -0.691 e. The van der Waals surface area contributed by atoms with Gasteiger partial charge in [0.15, 0.2) is 30.9 Å². The second-order valence-electron chi connectivity index (χ2n) is 16.4. The van der Waals surface area contributed by atoms with Gasteiger partial charge in [-0.25, -0.2) is 0 Å². The van der Waals surface area contributed by atoms with Crippen LogP contribution in [0.4, 0.5) is 0 Å². The van der Waals surface area contributed by atoms with Gasteiger partial charge in [0.1, 0.15) is 30.2 Å². The lowest BCUT2D eigenvalue weighted by molar-refractivity contribution is -0.778. The van der Waals surface area contributed by atoms with E-state index in [0.717, 1.165) is 42.4 Å². The molecule has 8 unspecified atom stereocenters. The zero-order chi connectivity index (χ0) is 41.8. The zero-order valence-electron chi connectivity index (χ0n) is 32.1. The van der Waals surface area contributed by atoms with Crippen molar-refractivity contribution in [2.75, 3.05) is 19.6 Å². The van der Waals surface area contributed by atoms with Gasteiger partial charge in [0, 0.05) is 31.5 Å². The number of halogens is 1. The Morgan fingerprint density at radius 2 is 1.79 bits per heavy atom. The highest BCUT2D eigenvalue weighted by molar-refractivity contribution is 14.1. The number of rotatable bonds is 19. The lowest BCUT2D eigenvalue weighted by Gasteiger charge is -2.62. The first-order valence-corrected chi connectivity index (χ1v) is 21.8. The van der Waals surface area contributed by atoms with E-state index in [0.29, 0.717) is 22.8 Å². The Labute approximate surface area is 358 Å². The minimum atomic E-state index is -1.61. The number of benzene rings is 1. The highest BCUT2D eigenvalue weighted by Gasteiger charge is 2.67. The summed E-state index contributed by atoms with van der Waals surface area (Å²) >= 11 is 2.31. The molecule has 1 heterocycles. The van der Waals surface area contributed by atoms with Crippen LogP contribution < -0.4 is 21.1 Å². The van der Waals surface area contributed by atoms with Crippen LogP contribution in [0.25, 0.3) is 0 Å². The van der Waals surface area contributed by atoms with Crippen LogP contribution in [0, 0.1) is 45.0 Å². The summed E-state index contributed by atoms with van der Waals surface area (Å²) < 4.78 is 33.3. The molecule has 5 aliphatic rings. The number of aryl methyl sites for hydroxylation is 2. The van der Waals surface area contributed by atoms with Crippen molar-refractivity contribution in [3.63, 3.8) is 0 Å². The van der Waals surface area contributed by atoms with Crippen LogP contribution in [0.2, 0.25) is 0 Å². The number of aromatic hydroxyl groups is 1. The predicted octanol–water partition coefficient (Wildman–Crippen LogP) is 2.00. The van der Waals surface area contributed by atoms with E-state index in [9.17, 15) is 40.5 Å². The van der Waals surface area contributed by atoms with Crippen molar-refractivity contribution in [2.45, 2.75) is 115 Å². The Morgan fingerprint density at radius 1 is 1.07 bits per heavy atom. The molecule has 58 heavy (non-hydrogen) atoms. The molecule has 1 spiro atoms. The summed E-state index contributed by atoms with van der Waals surface area (Å²) in [6.07, 6.45) is -2.68. The normalized spacial score (nSPS) is 36.9. The van der Waals surface area contributed by atoms with E-state index in [1.54, 1.807) is 6.92 Å². The van der Waals surface area contributed by atoms with E-state index < -0.39 is 60.2 Å². The van der Waals surface area contributed by atoms with Crippen molar-refractivity contribution < 1.29 is 77.1 Å². The molecule has 326 valence electrons. The van der Waals surface area contributed by atoms with E-state index in [4.69, 9.17) is 17.8 Å². The molecule has 2 bridgehead atoms. The van der Waals surface area contributed by atoms with E-state index in [1.807, 2.05) is 34.7 Å². The Bertz CT molecular complexity index is 1590. The number of phenolic OH excluding ortho intramolecular Hbond substituents is 1. The summed E-state index contributed by atoms with van der Waals surface area (Å²) in [6.45, 7) is 8.68. The van der Waals surface area contributed by atoms with Gasteiger partial charge < -0.3 is 51.0 Å². The van der Waals surface area contributed by atoms with Crippen LogP contribution in [0.3, 0.4) is 0 Å². The molecule has 1 saturated heterocycles. The SMILES string of the molecule is C=C1C2CCC3C4(C)CC(O[C@@H]5O[C@@H](CNCCNC(=O)CCc6cc(C)c(O)c(I)c6)[C@@H](OSOO[O-])[C@@H](OSOO[O-])C5O)CC(C(=O)O)C4CCC3(C2)[C@H]1O. The molecule has 1 amide bonds. The Kier molecular flexibility index (Phi) is 16.1. The maximum absolute atomic E-state index is 12.9. The number of aliphatic hydroxyl groups is 2. The third kappa shape index (κ3) is 9.79. The highest BCUT2D eigenvalue weighted by Crippen LogP contribution is 2.70. The molecule has 1 aromatic rings. The second-order valence-corrected chi connectivity index (χ2v) is 18.5. The molecule has 6 N–H and O–H groups in total. The van der Waals surface area contributed by atoms with Crippen LogP contribution in [-0.2, 0) is 52.6 Å². The fraction of sp³-hybridized carbons (Fsp3) is 0.730. The van der Waals surface area contributed by atoms with Crippen molar-refractivity contribution in [2.24, 2.45) is 34.5 Å². The average Bonchev–Trinajstić information content (AvgIpc) is 3.36. The molecule has 13 atom stereocenters. The first-order chi connectivity index (χ1) is 27.7. The fourth-order valence-corrected chi connectivity index (χ4v) is 12.5. The van der Waals surface area contributed by atoms with Gasteiger partial charge in [-0.05, 0) is 127 Å². The van der Waals surface area contributed by atoms with Gasteiger partial charge in [0.05, 0.1) is 21.7 Å². The summed E-state index contributed by atoms with van der Waals surface area (Å²) in [6, 6.07) is 3.67. The quantitative estimate of drug-likeness (QED) is 0.0220. The predicted molar refractivity (Wildman–Crippen MR) is 208 cm³/mol. The van der Waals surface area contributed by atoms with Gasteiger partial charge in [-0.15, -0.1) is 8.67 Å². The van der Waals surface area contributed by atoms with Crippen molar-refractivity contribution in [1.29, 1.82) is 0 Å². The number of fused-ring (bicyclic) bond motifs is 3. The number of hydrogen-bond donors (Lipinski definition) is 6. The molecular weight excluding hydrogens is 919 g/mol. The molecule has 0 aromatic heterocycles. The number of aliphatic carboxylic acids is 1. The van der Waals surface area contributed by atoms with E-state index in [1.165, 1.54) is 0 Å². The Morgan fingerprint density at radius 3 is 2.48 bits per heavy atom. The van der Waals surface area contributed by atoms with Gasteiger partial charge in [0.25, 0.3) is 0 Å². The van der Waals surface area contributed by atoms with Gasteiger partial charge in [-0.2, -0.15) is 0 Å². The van der Waals surface area contributed by atoms with E-state index in [-0.39, 0.29) is 91.9 Å². The largest absolute Gasteiger partial charge is 0.691 e.